The second-order valence-electron chi connectivity index (χ2n) is 8.61. The van der Waals surface area contributed by atoms with Crippen LogP contribution in [-0.2, 0) is 10.3 Å². The van der Waals surface area contributed by atoms with E-state index in [1.807, 2.05) is 91.9 Å². The minimum Gasteiger partial charge on any atom is -0.456 e. The molecule has 4 aromatic rings. The molecule has 5 heteroatoms. The molecule has 168 valence electrons. The summed E-state index contributed by atoms with van der Waals surface area (Å²) in [6.45, 7) is 4.89. The number of anilines is 3. The lowest BCUT2D eigenvalue weighted by Gasteiger charge is -2.37. The van der Waals surface area contributed by atoms with Crippen molar-refractivity contribution in [1.82, 2.24) is 0 Å². The first-order valence-corrected chi connectivity index (χ1v) is 11.5. The van der Waals surface area contributed by atoms with Gasteiger partial charge in [0.25, 0.3) is 0 Å². The van der Waals surface area contributed by atoms with Crippen LogP contribution in [0.1, 0.15) is 39.5 Å². The molecule has 2 heterocycles. The molecule has 5 nitrogen and oxygen atoms in total. The van der Waals surface area contributed by atoms with Crippen molar-refractivity contribution in [2.75, 3.05) is 17.2 Å². The normalized spacial score (nSPS) is 17.3. The summed E-state index contributed by atoms with van der Waals surface area (Å²) in [5.74, 6) is 1.03. The first kappa shape index (κ1) is 20.4. The van der Waals surface area contributed by atoms with Crippen LogP contribution in [0.25, 0.3) is 0 Å². The topological polar surface area (TPSA) is 59.6 Å². The van der Waals surface area contributed by atoms with Gasteiger partial charge in [0.1, 0.15) is 11.5 Å². The van der Waals surface area contributed by atoms with E-state index in [1.54, 1.807) is 0 Å². The van der Waals surface area contributed by atoms with Crippen LogP contribution in [-0.4, -0.2) is 12.5 Å². The van der Waals surface area contributed by atoms with E-state index in [1.165, 1.54) is 0 Å². The molecule has 4 aromatic carbocycles. The molecule has 1 unspecified atom stereocenters. The average molecular weight is 449 g/mol. The number of hydrogen-bond acceptors (Lipinski definition) is 5. The minimum atomic E-state index is -1.08. The van der Waals surface area contributed by atoms with Crippen molar-refractivity contribution in [2.24, 2.45) is 0 Å². The van der Waals surface area contributed by atoms with E-state index in [2.05, 4.69) is 17.6 Å². The first-order chi connectivity index (χ1) is 16.6. The zero-order valence-electron chi connectivity index (χ0n) is 19.0. The maximum absolute atomic E-state index is 13.1. The Morgan fingerprint density at radius 2 is 1.56 bits per heavy atom. The molecule has 0 fully saturated rings. The van der Waals surface area contributed by atoms with Gasteiger partial charge in [-0.05, 0) is 61.9 Å². The Labute approximate surface area is 198 Å². The lowest BCUT2D eigenvalue weighted by molar-refractivity contribution is 0.0224. The number of esters is 1. The lowest BCUT2D eigenvalue weighted by atomic mass is 9.77. The van der Waals surface area contributed by atoms with Crippen molar-refractivity contribution in [2.45, 2.75) is 19.4 Å². The predicted molar refractivity (Wildman–Crippen MR) is 133 cm³/mol. The highest BCUT2D eigenvalue weighted by atomic mass is 16.6. The van der Waals surface area contributed by atoms with E-state index in [9.17, 15) is 4.79 Å². The Morgan fingerprint density at radius 3 is 2.38 bits per heavy atom. The fourth-order valence-corrected chi connectivity index (χ4v) is 4.95. The number of aryl methyl sites for hydroxylation is 1. The van der Waals surface area contributed by atoms with Crippen LogP contribution >= 0.6 is 0 Å². The molecule has 0 saturated carbocycles. The predicted octanol–water partition coefficient (Wildman–Crippen LogP) is 6.74. The highest BCUT2D eigenvalue weighted by molar-refractivity contribution is 5.97. The monoisotopic (exact) mass is 448 g/mol. The molecule has 0 aromatic heterocycles. The molecule has 1 spiro atoms. The van der Waals surface area contributed by atoms with E-state index < -0.39 is 5.60 Å². The number of hydrogen-bond donors (Lipinski definition) is 2. The van der Waals surface area contributed by atoms with Crippen LogP contribution in [0.2, 0.25) is 0 Å². The number of para-hydroxylation sites is 1. The lowest BCUT2D eigenvalue weighted by Crippen LogP contribution is -2.33. The van der Waals surface area contributed by atoms with Crippen LogP contribution < -0.4 is 15.4 Å². The summed E-state index contributed by atoms with van der Waals surface area (Å²) < 4.78 is 12.7. The van der Waals surface area contributed by atoms with Gasteiger partial charge in [-0.1, -0.05) is 36.4 Å². The maximum Gasteiger partial charge on any atom is 0.340 e. The fraction of sp³-hybridized carbons (Fsp3) is 0.138. The largest absolute Gasteiger partial charge is 0.456 e. The van der Waals surface area contributed by atoms with Gasteiger partial charge in [-0.2, -0.15) is 0 Å². The third kappa shape index (κ3) is 2.97. The number of rotatable bonds is 4. The standard InChI is InChI=1S/C29H24N2O3/c1-3-30-20-13-14-23-27(16-20)33-26-15-18(2)25(31-19-9-5-4-6-10-19)17-24(26)29(23)22-12-8-7-11-21(22)28(32)34-29/h4-17,30-31H,3H2,1-2H3. The van der Waals surface area contributed by atoms with Gasteiger partial charge in [0.2, 0.25) is 0 Å². The molecule has 34 heavy (non-hydrogen) atoms. The molecule has 2 aliphatic rings. The van der Waals surface area contributed by atoms with Gasteiger partial charge in [-0.15, -0.1) is 0 Å². The Morgan fingerprint density at radius 1 is 0.794 bits per heavy atom. The summed E-state index contributed by atoms with van der Waals surface area (Å²) in [7, 11) is 0. The van der Waals surface area contributed by atoms with Crippen LogP contribution in [0.4, 0.5) is 17.1 Å². The van der Waals surface area contributed by atoms with Crippen LogP contribution in [0.3, 0.4) is 0 Å². The molecule has 2 N–H and O–H groups in total. The molecular weight excluding hydrogens is 424 g/mol. The Kier molecular flexibility index (Phi) is 4.59. The highest BCUT2D eigenvalue weighted by Gasteiger charge is 2.53. The van der Waals surface area contributed by atoms with Gasteiger partial charge in [0, 0.05) is 46.4 Å². The zero-order chi connectivity index (χ0) is 23.3. The van der Waals surface area contributed by atoms with Crippen molar-refractivity contribution >= 4 is 23.0 Å². The van der Waals surface area contributed by atoms with Crippen molar-refractivity contribution in [3.63, 3.8) is 0 Å². The van der Waals surface area contributed by atoms with E-state index in [-0.39, 0.29) is 5.97 Å². The molecule has 0 saturated heterocycles. The molecule has 2 aliphatic heterocycles. The van der Waals surface area contributed by atoms with Gasteiger partial charge in [-0.25, -0.2) is 4.79 Å². The van der Waals surface area contributed by atoms with Crippen LogP contribution in [0.5, 0.6) is 11.5 Å². The van der Waals surface area contributed by atoms with E-state index in [4.69, 9.17) is 9.47 Å². The Balaban J connectivity index is 1.59. The summed E-state index contributed by atoms with van der Waals surface area (Å²) in [5, 5.41) is 6.85. The second-order valence-corrected chi connectivity index (χ2v) is 8.61. The fourth-order valence-electron chi connectivity index (χ4n) is 4.95. The molecule has 0 aliphatic carbocycles. The van der Waals surface area contributed by atoms with Crippen LogP contribution in [0, 0.1) is 6.92 Å². The average Bonchev–Trinajstić information content (AvgIpc) is 3.14. The van der Waals surface area contributed by atoms with Gasteiger partial charge in [0.15, 0.2) is 5.60 Å². The number of fused-ring (bicyclic) bond motifs is 6. The number of carbonyl (C=O) groups is 1. The van der Waals surface area contributed by atoms with Crippen LogP contribution in [0.15, 0.2) is 84.9 Å². The summed E-state index contributed by atoms with van der Waals surface area (Å²) >= 11 is 0. The molecular formula is C29H24N2O3. The SMILES string of the molecule is CCNc1ccc2c(c1)Oc1cc(C)c(Nc3ccccc3)cc1C21OC(=O)c2ccccc21. The summed E-state index contributed by atoms with van der Waals surface area (Å²) in [6, 6.07) is 27.7. The van der Waals surface area contributed by atoms with Crippen molar-refractivity contribution in [3.05, 3.63) is 113 Å². The van der Waals surface area contributed by atoms with Crippen molar-refractivity contribution in [1.29, 1.82) is 0 Å². The van der Waals surface area contributed by atoms with Gasteiger partial charge in [0.05, 0.1) is 5.56 Å². The number of carbonyl (C=O) groups excluding carboxylic acids is 1. The van der Waals surface area contributed by atoms with E-state index >= 15 is 0 Å². The third-order valence-electron chi connectivity index (χ3n) is 6.49. The third-order valence-corrected chi connectivity index (χ3v) is 6.49. The van der Waals surface area contributed by atoms with Gasteiger partial charge in [-0.3, -0.25) is 0 Å². The van der Waals surface area contributed by atoms with E-state index in [0.717, 1.165) is 45.9 Å². The smallest absolute Gasteiger partial charge is 0.340 e. The van der Waals surface area contributed by atoms with Crippen molar-refractivity contribution in [3.8, 4) is 11.5 Å². The van der Waals surface area contributed by atoms with Crippen molar-refractivity contribution < 1.29 is 14.3 Å². The quantitative estimate of drug-likeness (QED) is 0.339. The number of ether oxygens (including phenoxy) is 2. The van der Waals surface area contributed by atoms with E-state index in [0.29, 0.717) is 17.1 Å². The summed E-state index contributed by atoms with van der Waals surface area (Å²) in [6.07, 6.45) is 0. The zero-order valence-corrected chi connectivity index (χ0v) is 19.0. The summed E-state index contributed by atoms with van der Waals surface area (Å²) in [5.41, 5.74) is 5.84. The maximum atomic E-state index is 13.1. The highest BCUT2D eigenvalue weighted by Crippen LogP contribution is 2.57. The van der Waals surface area contributed by atoms with Gasteiger partial charge < -0.3 is 20.1 Å². The molecule has 0 bridgehead atoms. The Bertz CT molecular complexity index is 1430. The molecule has 6 rings (SSSR count). The first-order valence-electron chi connectivity index (χ1n) is 11.5. The minimum absolute atomic E-state index is 0.330. The molecule has 0 amide bonds. The number of benzene rings is 4. The summed E-state index contributed by atoms with van der Waals surface area (Å²) in [4.78, 5) is 13.1. The molecule has 1 atom stereocenters. The van der Waals surface area contributed by atoms with Gasteiger partial charge >= 0.3 is 5.97 Å². The Hall–Kier alpha value is -4.25. The number of nitrogens with one attached hydrogen (secondary N) is 2. The second kappa shape index (κ2) is 7.66. The molecule has 0 radical (unpaired) electrons.